The molecule has 2 rings (SSSR count). The Kier molecular flexibility index (Phi) is 6.22. The molecule has 0 radical (unpaired) electrons. The predicted octanol–water partition coefficient (Wildman–Crippen LogP) is 1.64. The summed E-state index contributed by atoms with van der Waals surface area (Å²) >= 11 is 0. The molecule has 0 bridgehead atoms. The summed E-state index contributed by atoms with van der Waals surface area (Å²) in [5, 5.41) is 2.70. The van der Waals surface area contributed by atoms with Crippen molar-refractivity contribution in [1.29, 1.82) is 0 Å². The highest BCUT2D eigenvalue weighted by Crippen LogP contribution is 2.08. The number of aryl methyl sites for hydroxylation is 1. The van der Waals surface area contributed by atoms with Crippen LogP contribution < -0.4 is 5.32 Å². The van der Waals surface area contributed by atoms with E-state index in [2.05, 4.69) is 10.3 Å². The number of likely N-dealkylation sites (N-methyl/N-ethyl adjacent to an activating group) is 1. The number of pyridine rings is 1. The number of carbonyl (C=O) groups excluding carboxylic acids is 3. The first kappa shape index (κ1) is 18.1. The maximum absolute atomic E-state index is 12.0. The molecule has 0 spiro atoms. The van der Waals surface area contributed by atoms with E-state index in [0.29, 0.717) is 11.3 Å². The van der Waals surface area contributed by atoms with Crippen molar-refractivity contribution < 1.29 is 19.1 Å². The van der Waals surface area contributed by atoms with Crippen LogP contribution in [-0.2, 0) is 14.3 Å². The number of hydrogen-bond donors (Lipinski definition) is 1. The van der Waals surface area contributed by atoms with Crippen LogP contribution in [0.1, 0.15) is 15.9 Å². The number of nitrogens with one attached hydrogen (secondary N) is 1. The van der Waals surface area contributed by atoms with Gasteiger partial charge in [0.1, 0.15) is 0 Å². The SMILES string of the molecule is Cc1ccc(NC(=O)CN(C)C(=O)COC(=O)c2ccncc2)cc1. The zero-order chi connectivity index (χ0) is 18.2. The standard InChI is InChI=1S/C18H19N3O4/c1-13-3-5-15(6-4-13)20-16(22)11-21(2)17(23)12-25-18(24)14-7-9-19-10-8-14/h3-10H,11-12H2,1-2H3,(H,20,22). The Bertz CT molecular complexity index is 745. The molecule has 1 aromatic carbocycles. The molecule has 0 aliphatic rings. The fourth-order valence-corrected chi connectivity index (χ4v) is 1.95. The van der Waals surface area contributed by atoms with E-state index in [1.165, 1.54) is 36.5 Å². The summed E-state index contributed by atoms with van der Waals surface area (Å²) in [6.07, 6.45) is 2.92. The van der Waals surface area contributed by atoms with Gasteiger partial charge in [0.15, 0.2) is 6.61 Å². The molecule has 1 heterocycles. The second-order valence-corrected chi connectivity index (χ2v) is 5.48. The lowest BCUT2D eigenvalue weighted by Crippen LogP contribution is -2.37. The highest BCUT2D eigenvalue weighted by Gasteiger charge is 2.16. The quantitative estimate of drug-likeness (QED) is 0.807. The van der Waals surface area contributed by atoms with E-state index < -0.39 is 18.5 Å². The number of nitrogens with zero attached hydrogens (tertiary/aromatic N) is 2. The molecule has 1 N–H and O–H groups in total. The summed E-state index contributed by atoms with van der Waals surface area (Å²) in [4.78, 5) is 40.7. The van der Waals surface area contributed by atoms with Crippen molar-refractivity contribution in [2.45, 2.75) is 6.92 Å². The molecule has 0 aliphatic heterocycles. The fraction of sp³-hybridized carbons (Fsp3) is 0.222. The number of benzene rings is 1. The Labute approximate surface area is 145 Å². The van der Waals surface area contributed by atoms with Gasteiger partial charge in [0.2, 0.25) is 5.91 Å². The van der Waals surface area contributed by atoms with Gasteiger partial charge < -0.3 is 15.0 Å². The van der Waals surface area contributed by atoms with Crippen LogP contribution in [0.3, 0.4) is 0 Å². The van der Waals surface area contributed by atoms with Crippen molar-refractivity contribution in [2.24, 2.45) is 0 Å². The minimum atomic E-state index is -0.617. The van der Waals surface area contributed by atoms with Gasteiger partial charge >= 0.3 is 5.97 Å². The summed E-state index contributed by atoms with van der Waals surface area (Å²) in [6, 6.07) is 10.3. The Balaban J connectivity index is 1.78. The van der Waals surface area contributed by atoms with E-state index in [-0.39, 0.29) is 12.5 Å². The molecule has 25 heavy (non-hydrogen) atoms. The van der Waals surface area contributed by atoms with E-state index in [4.69, 9.17) is 4.74 Å². The van der Waals surface area contributed by atoms with E-state index >= 15 is 0 Å². The van der Waals surface area contributed by atoms with Crippen LogP contribution in [0.4, 0.5) is 5.69 Å². The molecule has 0 fully saturated rings. The maximum atomic E-state index is 12.0. The summed E-state index contributed by atoms with van der Waals surface area (Å²) in [5.74, 6) is -1.42. The van der Waals surface area contributed by atoms with Crippen molar-refractivity contribution >= 4 is 23.5 Å². The number of amides is 2. The van der Waals surface area contributed by atoms with E-state index in [9.17, 15) is 14.4 Å². The highest BCUT2D eigenvalue weighted by molar-refractivity contribution is 5.95. The Morgan fingerprint density at radius 2 is 1.72 bits per heavy atom. The third-order valence-electron chi connectivity index (χ3n) is 3.38. The number of rotatable bonds is 6. The van der Waals surface area contributed by atoms with Crippen LogP contribution >= 0.6 is 0 Å². The lowest BCUT2D eigenvalue weighted by Gasteiger charge is -2.16. The van der Waals surface area contributed by atoms with Crippen LogP contribution in [0.2, 0.25) is 0 Å². The largest absolute Gasteiger partial charge is 0.452 e. The van der Waals surface area contributed by atoms with E-state index in [1.807, 2.05) is 19.1 Å². The van der Waals surface area contributed by atoms with Crippen molar-refractivity contribution in [2.75, 3.05) is 25.5 Å². The molecule has 0 saturated carbocycles. The molecule has 0 atom stereocenters. The summed E-state index contributed by atoms with van der Waals surface area (Å²) in [7, 11) is 1.47. The first-order chi connectivity index (χ1) is 12.0. The molecular formula is C18H19N3O4. The van der Waals surface area contributed by atoms with Crippen molar-refractivity contribution in [3.05, 3.63) is 59.9 Å². The van der Waals surface area contributed by atoms with Gasteiger partial charge in [0, 0.05) is 25.1 Å². The predicted molar refractivity (Wildman–Crippen MR) is 92.0 cm³/mol. The number of hydrogen-bond acceptors (Lipinski definition) is 5. The normalized spacial score (nSPS) is 10.0. The third kappa shape index (κ3) is 5.72. The zero-order valence-corrected chi connectivity index (χ0v) is 14.1. The van der Waals surface area contributed by atoms with Crippen LogP contribution in [0.5, 0.6) is 0 Å². The van der Waals surface area contributed by atoms with Crippen LogP contribution in [-0.4, -0.2) is 47.9 Å². The summed E-state index contributed by atoms with van der Waals surface area (Å²) in [5.41, 5.74) is 2.05. The van der Waals surface area contributed by atoms with E-state index in [1.54, 1.807) is 12.1 Å². The van der Waals surface area contributed by atoms with Gasteiger partial charge in [0.25, 0.3) is 5.91 Å². The van der Waals surface area contributed by atoms with Gasteiger partial charge in [-0.05, 0) is 31.2 Å². The Hall–Kier alpha value is -3.22. The van der Waals surface area contributed by atoms with Crippen molar-refractivity contribution in [3.8, 4) is 0 Å². The van der Waals surface area contributed by atoms with Gasteiger partial charge in [0.05, 0.1) is 12.1 Å². The minimum Gasteiger partial charge on any atom is -0.452 e. The smallest absolute Gasteiger partial charge is 0.338 e. The van der Waals surface area contributed by atoms with E-state index in [0.717, 1.165) is 5.56 Å². The van der Waals surface area contributed by atoms with Crippen molar-refractivity contribution in [1.82, 2.24) is 9.88 Å². The van der Waals surface area contributed by atoms with Gasteiger partial charge in [-0.25, -0.2) is 4.79 Å². The Morgan fingerprint density at radius 3 is 2.36 bits per heavy atom. The summed E-state index contributed by atoms with van der Waals surface area (Å²) < 4.78 is 4.93. The van der Waals surface area contributed by atoms with Crippen LogP contribution in [0, 0.1) is 6.92 Å². The van der Waals surface area contributed by atoms with Gasteiger partial charge in [-0.1, -0.05) is 17.7 Å². The van der Waals surface area contributed by atoms with Crippen LogP contribution in [0.25, 0.3) is 0 Å². The second-order valence-electron chi connectivity index (χ2n) is 5.48. The Morgan fingerprint density at radius 1 is 1.08 bits per heavy atom. The minimum absolute atomic E-state index is 0.139. The fourth-order valence-electron chi connectivity index (χ4n) is 1.95. The lowest BCUT2D eigenvalue weighted by molar-refractivity contribution is -0.136. The maximum Gasteiger partial charge on any atom is 0.338 e. The first-order valence-electron chi connectivity index (χ1n) is 7.63. The topological polar surface area (TPSA) is 88.6 Å². The number of anilines is 1. The van der Waals surface area contributed by atoms with Gasteiger partial charge in [-0.3, -0.25) is 14.6 Å². The van der Waals surface area contributed by atoms with Gasteiger partial charge in [-0.15, -0.1) is 0 Å². The highest BCUT2D eigenvalue weighted by atomic mass is 16.5. The number of esters is 1. The second kappa shape index (κ2) is 8.58. The molecule has 1 aromatic heterocycles. The molecule has 7 heteroatoms. The molecule has 0 unspecified atom stereocenters. The van der Waals surface area contributed by atoms with Crippen LogP contribution in [0.15, 0.2) is 48.8 Å². The molecule has 130 valence electrons. The number of ether oxygens (including phenoxy) is 1. The number of aromatic nitrogens is 1. The average Bonchev–Trinajstić information content (AvgIpc) is 2.62. The molecule has 7 nitrogen and oxygen atoms in total. The molecule has 0 saturated heterocycles. The summed E-state index contributed by atoms with van der Waals surface area (Å²) in [6.45, 7) is 1.38. The number of carbonyl (C=O) groups is 3. The first-order valence-corrected chi connectivity index (χ1v) is 7.63. The average molecular weight is 341 g/mol. The third-order valence-corrected chi connectivity index (χ3v) is 3.38. The zero-order valence-electron chi connectivity index (χ0n) is 14.1. The van der Waals surface area contributed by atoms with Crippen molar-refractivity contribution in [3.63, 3.8) is 0 Å². The lowest BCUT2D eigenvalue weighted by atomic mass is 10.2. The molecule has 0 aliphatic carbocycles. The van der Waals surface area contributed by atoms with Gasteiger partial charge in [-0.2, -0.15) is 0 Å². The monoisotopic (exact) mass is 341 g/mol. The molecular weight excluding hydrogens is 322 g/mol. The molecule has 2 amide bonds. The molecule has 2 aromatic rings.